The minimum atomic E-state index is -0.657. The number of ether oxygens (including phenoxy) is 1. The zero-order chi connectivity index (χ0) is 21.3. The molecule has 2 aromatic heterocycles. The van der Waals surface area contributed by atoms with Gasteiger partial charge in [0.1, 0.15) is 18.0 Å². The van der Waals surface area contributed by atoms with Gasteiger partial charge in [0.2, 0.25) is 0 Å². The number of rotatable bonds is 5. The lowest BCUT2D eigenvalue weighted by Gasteiger charge is -2.36. The van der Waals surface area contributed by atoms with Gasteiger partial charge < -0.3 is 15.0 Å². The van der Waals surface area contributed by atoms with Crippen LogP contribution in [0.5, 0.6) is 0 Å². The summed E-state index contributed by atoms with van der Waals surface area (Å²) in [6.45, 7) is 6.16. The number of hydrogen-bond acceptors (Lipinski definition) is 6. The van der Waals surface area contributed by atoms with Crippen LogP contribution in [0.15, 0.2) is 30.7 Å². The minimum Gasteiger partial charge on any atom is -0.372 e. The Morgan fingerprint density at radius 2 is 2.07 bits per heavy atom. The van der Waals surface area contributed by atoms with E-state index in [9.17, 15) is 9.18 Å². The van der Waals surface area contributed by atoms with Crippen LogP contribution in [-0.2, 0) is 11.3 Å². The smallest absolute Gasteiger partial charge is 0.255 e. The summed E-state index contributed by atoms with van der Waals surface area (Å²) >= 11 is 5.94. The van der Waals surface area contributed by atoms with E-state index in [0.29, 0.717) is 12.2 Å². The number of carbonyl (C=O) groups is 1. The van der Waals surface area contributed by atoms with Crippen LogP contribution >= 0.6 is 11.6 Å². The zero-order valence-corrected chi connectivity index (χ0v) is 17.4. The molecule has 1 fully saturated rings. The van der Waals surface area contributed by atoms with E-state index in [2.05, 4.69) is 25.3 Å². The molecule has 4 rings (SSSR count). The molecular formula is C20H22ClFN6O2. The summed E-state index contributed by atoms with van der Waals surface area (Å²) in [7, 11) is 0. The van der Waals surface area contributed by atoms with E-state index < -0.39 is 11.7 Å². The average Bonchev–Trinajstić information content (AvgIpc) is 3.10. The lowest BCUT2D eigenvalue weighted by atomic mass is 10.2. The standard InChI is InChI=1S/C20H22ClFN6O2/c1-12-9-27(10-13(2)30-12)18-14-8-26-28(19(14)25-11-24-18)7-6-23-20(29)17-15(21)4-3-5-16(17)22/h3-5,8,11-13H,6-7,9-10H2,1-2H3,(H,23,29). The van der Waals surface area contributed by atoms with Crippen molar-refractivity contribution >= 4 is 34.4 Å². The summed E-state index contributed by atoms with van der Waals surface area (Å²) in [5.74, 6) is -0.410. The highest BCUT2D eigenvalue weighted by atomic mass is 35.5. The summed E-state index contributed by atoms with van der Waals surface area (Å²) in [5, 5.41) is 7.99. The second kappa shape index (κ2) is 8.53. The highest BCUT2D eigenvalue weighted by molar-refractivity contribution is 6.33. The third-order valence-corrected chi connectivity index (χ3v) is 5.25. The average molecular weight is 433 g/mol. The SMILES string of the molecule is CC1CN(c2ncnc3c2cnn3CCNC(=O)c2c(F)cccc2Cl)CC(C)O1. The lowest BCUT2D eigenvalue weighted by molar-refractivity contribution is -0.00537. The number of hydrogen-bond donors (Lipinski definition) is 1. The Kier molecular flexibility index (Phi) is 5.83. The molecule has 0 radical (unpaired) electrons. The van der Waals surface area contributed by atoms with Crippen molar-refractivity contribution in [3.8, 4) is 0 Å². The van der Waals surface area contributed by atoms with Crippen molar-refractivity contribution in [3.63, 3.8) is 0 Å². The van der Waals surface area contributed by atoms with Gasteiger partial charge in [0, 0.05) is 19.6 Å². The van der Waals surface area contributed by atoms with Gasteiger partial charge in [-0.1, -0.05) is 17.7 Å². The van der Waals surface area contributed by atoms with Gasteiger partial charge in [-0.05, 0) is 26.0 Å². The van der Waals surface area contributed by atoms with Crippen LogP contribution in [-0.4, -0.2) is 57.5 Å². The third kappa shape index (κ3) is 4.08. The van der Waals surface area contributed by atoms with Crippen molar-refractivity contribution < 1.29 is 13.9 Å². The van der Waals surface area contributed by atoms with E-state index in [1.54, 1.807) is 10.9 Å². The molecule has 158 valence electrons. The van der Waals surface area contributed by atoms with E-state index in [0.717, 1.165) is 24.3 Å². The van der Waals surface area contributed by atoms with Crippen molar-refractivity contribution in [2.24, 2.45) is 0 Å². The van der Waals surface area contributed by atoms with Crippen molar-refractivity contribution in [2.75, 3.05) is 24.5 Å². The van der Waals surface area contributed by atoms with Crippen LogP contribution in [0.25, 0.3) is 11.0 Å². The molecule has 0 spiro atoms. The lowest BCUT2D eigenvalue weighted by Crippen LogP contribution is -2.45. The Morgan fingerprint density at radius 3 is 2.80 bits per heavy atom. The number of nitrogens with zero attached hydrogens (tertiary/aromatic N) is 5. The van der Waals surface area contributed by atoms with Gasteiger partial charge in [0.05, 0.1) is 40.9 Å². The quantitative estimate of drug-likeness (QED) is 0.667. The van der Waals surface area contributed by atoms with Crippen LogP contribution in [0.3, 0.4) is 0 Å². The first-order valence-electron chi connectivity index (χ1n) is 9.73. The number of benzene rings is 1. The molecule has 0 bridgehead atoms. The molecule has 2 atom stereocenters. The molecule has 30 heavy (non-hydrogen) atoms. The van der Waals surface area contributed by atoms with Crippen molar-refractivity contribution in [2.45, 2.75) is 32.6 Å². The second-order valence-electron chi connectivity index (χ2n) is 7.32. The maximum absolute atomic E-state index is 13.9. The predicted molar refractivity (Wildman–Crippen MR) is 111 cm³/mol. The third-order valence-electron chi connectivity index (χ3n) is 4.93. The van der Waals surface area contributed by atoms with Gasteiger partial charge >= 0.3 is 0 Å². The largest absolute Gasteiger partial charge is 0.372 e. The summed E-state index contributed by atoms with van der Waals surface area (Å²) in [5.41, 5.74) is 0.509. The molecule has 1 aromatic carbocycles. The second-order valence-corrected chi connectivity index (χ2v) is 7.72. The van der Waals surface area contributed by atoms with Crippen molar-refractivity contribution in [3.05, 3.63) is 47.1 Å². The topological polar surface area (TPSA) is 85.2 Å². The van der Waals surface area contributed by atoms with Crippen LogP contribution < -0.4 is 10.2 Å². The number of anilines is 1. The Morgan fingerprint density at radius 1 is 1.30 bits per heavy atom. The molecule has 3 aromatic rings. The van der Waals surface area contributed by atoms with E-state index in [4.69, 9.17) is 16.3 Å². The summed E-state index contributed by atoms with van der Waals surface area (Å²) < 4.78 is 21.4. The molecule has 0 aliphatic carbocycles. The number of nitrogens with one attached hydrogen (secondary N) is 1. The number of fused-ring (bicyclic) bond motifs is 1. The first-order valence-corrected chi connectivity index (χ1v) is 10.1. The predicted octanol–water partition coefficient (Wildman–Crippen LogP) is 2.66. The monoisotopic (exact) mass is 432 g/mol. The van der Waals surface area contributed by atoms with Gasteiger partial charge in [-0.25, -0.2) is 19.0 Å². The molecule has 1 amide bonds. The number of aromatic nitrogens is 4. The van der Waals surface area contributed by atoms with Crippen LogP contribution in [0.4, 0.5) is 10.2 Å². The molecule has 8 nitrogen and oxygen atoms in total. The first-order chi connectivity index (χ1) is 14.4. The molecular weight excluding hydrogens is 411 g/mol. The summed E-state index contributed by atoms with van der Waals surface area (Å²) in [4.78, 5) is 23.3. The number of carbonyl (C=O) groups excluding carboxylic acids is 1. The fourth-order valence-corrected chi connectivity index (χ4v) is 3.97. The van der Waals surface area contributed by atoms with Crippen LogP contribution in [0.2, 0.25) is 5.02 Å². The molecule has 1 aliphatic rings. The first kappa shape index (κ1) is 20.5. The molecule has 1 N–H and O–H groups in total. The van der Waals surface area contributed by atoms with Gasteiger partial charge in [0.15, 0.2) is 5.65 Å². The normalized spacial score (nSPS) is 19.3. The van der Waals surface area contributed by atoms with Gasteiger partial charge in [-0.2, -0.15) is 5.10 Å². The highest BCUT2D eigenvalue weighted by Crippen LogP contribution is 2.25. The highest BCUT2D eigenvalue weighted by Gasteiger charge is 2.25. The van der Waals surface area contributed by atoms with E-state index in [1.165, 1.54) is 24.5 Å². The van der Waals surface area contributed by atoms with E-state index in [1.807, 2.05) is 13.8 Å². The molecule has 0 saturated carbocycles. The van der Waals surface area contributed by atoms with E-state index in [-0.39, 0.29) is 29.3 Å². The van der Waals surface area contributed by atoms with Crippen LogP contribution in [0.1, 0.15) is 24.2 Å². The van der Waals surface area contributed by atoms with Gasteiger partial charge in [-0.3, -0.25) is 4.79 Å². The Balaban J connectivity index is 1.48. The Bertz CT molecular complexity index is 1040. The fraction of sp³-hybridized carbons (Fsp3) is 0.400. The maximum Gasteiger partial charge on any atom is 0.255 e. The number of morpholine rings is 1. The minimum absolute atomic E-state index is 0.0726. The molecule has 1 saturated heterocycles. The molecule has 1 aliphatic heterocycles. The number of halogens is 2. The van der Waals surface area contributed by atoms with Crippen LogP contribution in [0, 0.1) is 5.82 Å². The van der Waals surface area contributed by atoms with Crippen molar-refractivity contribution in [1.29, 1.82) is 0 Å². The fourth-order valence-electron chi connectivity index (χ4n) is 3.73. The summed E-state index contributed by atoms with van der Waals surface area (Å²) in [6, 6.07) is 4.14. The van der Waals surface area contributed by atoms with Gasteiger partial charge in [0.25, 0.3) is 5.91 Å². The summed E-state index contributed by atoms with van der Waals surface area (Å²) in [6.07, 6.45) is 3.45. The van der Waals surface area contributed by atoms with Gasteiger partial charge in [-0.15, -0.1) is 0 Å². The number of amides is 1. The Labute approximate surface area is 178 Å². The maximum atomic E-state index is 13.9. The molecule has 10 heteroatoms. The zero-order valence-electron chi connectivity index (χ0n) is 16.7. The molecule has 2 unspecified atom stereocenters. The molecule has 3 heterocycles. The van der Waals surface area contributed by atoms with E-state index >= 15 is 0 Å². The van der Waals surface area contributed by atoms with Crippen molar-refractivity contribution in [1.82, 2.24) is 25.1 Å². The Hall–Kier alpha value is -2.78.